The Morgan fingerprint density at radius 2 is 1.57 bits per heavy atom. The molecule has 1 amide bonds. The molecule has 1 aliphatic carbocycles. The Morgan fingerprint density at radius 1 is 0.919 bits per heavy atom. The van der Waals surface area contributed by atoms with Gasteiger partial charge in [0.2, 0.25) is 5.91 Å². The van der Waals surface area contributed by atoms with Gasteiger partial charge in [-0.05, 0) is 79.1 Å². The lowest BCUT2D eigenvalue weighted by Gasteiger charge is -2.24. The third kappa shape index (κ3) is 5.74. The Morgan fingerprint density at radius 3 is 2.16 bits per heavy atom. The van der Waals surface area contributed by atoms with Crippen LogP contribution < -0.4 is 19.5 Å². The quantitative estimate of drug-likeness (QED) is 0.319. The van der Waals surface area contributed by atoms with E-state index in [2.05, 4.69) is 15.4 Å². The third-order valence-electron chi connectivity index (χ3n) is 6.57. The van der Waals surface area contributed by atoms with E-state index in [1.54, 1.807) is 18.9 Å². The van der Waals surface area contributed by atoms with Gasteiger partial charge in [0.1, 0.15) is 11.5 Å². The van der Waals surface area contributed by atoms with Crippen LogP contribution in [0.25, 0.3) is 17.1 Å². The van der Waals surface area contributed by atoms with Gasteiger partial charge in [0, 0.05) is 23.6 Å². The van der Waals surface area contributed by atoms with Gasteiger partial charge >= 0.3 is 6.01 Å². The number of carbonyl (C=O) groups is 1. The van der Waals surface area contributed by atoms with Crippen LogP contribution in [0.3, 0.4) is 0 Å². The average molecular weight is 499 g/mol. The molecule has 0 atom stereocenters. The molecule has 1 aliphatic rings. The predicted octanol–water partition coefficient (Wildman–Crippen LogP) is 5.31. The van der Waals surface area contributed by atoms with Crippen LogP contribution in [0.2, 0.25) is 0 Å². The summed E-state index contributed by atoms with van der Waals surface area (Å²) < 4.78 is 18.2. The Hall–Kier alpha value is -4.33. The molecule has 0 aliphatic heterocycles. The van der Waals surface area contributed by atoms with Gasteiger partial charge in [-0.25, -0.2) is 4.68 Å². The summed E-state index contributed by atoms with van der Waals surface area (Å²) >= 11 is 0. The van der Waals surface area contributed by atoms with E-state index < -0.39 is 0 Å². The molecule has 4 aromatic rings. The predicted molar refractivity (Wildman–Crippen MR) is 142 cm³/mol. The van der Waals surface area contributed by atoms with Gasteiger partial charge in [0.15, 0.2) is 5.82 Å². The number of nitrogens with zero attached hydrogens (tertiary/aromatic N) is 3. The first-order valence-corrected chi connectivity index (χ1v) is 12.4. The SMILES string of the molecule is COc1ccc(CCOc2nc(-c3ccc(OC)cc3)n(-c3ccc(NC(=O)C4CCC4)cc3)n2)cc1. The molecule has 5 rings (SSSR count). The van der Waals surface area contributed by atoms with Crippen LogP contribution in [0.4, 0.5) is 5.69 Å². The lowest BCUT2D eigenvalue weighted by atomic mass is 9.85. The maximum atomic E-state index is 12.3. The molecule has 190 valence electrons. The van der Waals surface area contributed by atoms with Crippen LogP contribution in [0, 0.1) is 5.92 Å². The van der Waals surface area contributed by atoms with Crippen LogP contribution in [-0.4, -0.2) is 41.5 Å². The second-order valence-corrected chi connectivity index (χ2v) is 8.97. The van der Waals surface area contributed by atoms with Gasteiger partial charge < -0.3 is 19.5 Å². The number of carbonyl (C=O) groups excluding carboxylic acids is 1. The van der Waals surface area contributed by atoms with Crippen LogP contribution in [0.5, 0.6) is 17.5 Å². The van der Waals surface area contributed by atoms with Crippen molar-refractivity contribution in [3.8, 4) is 34.6 Å². The van der Waals surface area contributed by atoms with Crippen LogP contribution in [0.15, 0.2) is 72.8 Å². The molecule has 0 spiro atoms. The van der Waals surface area contributed by atoms with E-state index in [0.29, 0.717) is 24.9 Å². The Bertz CT molecular complexity index is 1330. The third-order valence-corrected chi connectivity index (χ3v) is 6.57. The Balaban J connectivity index is 1.35. The summed E-state index contributed by atoms with van der Waals surface area (Å²) in [7, 11) is 3.29. The molecule has 8 nitrogen and oxygen atoms in total. The molecule has 1 saturated carbocycles. The first-order chi connectivity index (χ1) is 18.1. The highest BCUT2D eigenvalue weighted by atomic mass is 16.5. The van der Waals surface area contributed by atoms with E-state index in [9.17, 15) is 4.79 Å². The second-order valence-electron chi connectivity index (χ2n) is 8.97. The van der Waals surface area contributed by atoms with Crippen LogP contribution in [-0.2, 0) is 11.2 Å². The summed E-state index contributed by atoms with van der Waals surface area (Å²) in [6, 6.07) is 23.4. The highest BCUT2D eigenvalue weighted by molar-refractivity contribution is 5.93. The summed E-state index contributed by atoms with van der Waals surface area (Å²) in [6.45, 7) is 0.435. The number of ether oxygens (including phenoxy) is 3. The van der Waals surface area contributed by atoms with Gasteiger partial charge in [0.25, 0.3) is 0 Å². The molecule has 1 fully saturated rings. The van der Waals surface area contributed by atoms with Gasteiger partial charge in [-0.2, -0.15) is 4.98 Å². The molecule has 0 radical (unpaired) electrons. The second kappa shape index (κ2) is 11.2. The summed E-state index contributed by atoms with van der Waals surface area (Å²) in [6.07, 6.45) is 3.78. The van der Waals surface area contributed by atoms with E-state index in [4.69, 9.17) is 14.2 Å². The number of rotatable bonds is 10. The molecule has 0 unspecified atom stereocenters. The summed E-state index contributed by atoms with van der Waals surface area (Å²) in [4.78, 5) is 17.0. The fraction of sp³-hybridized carbons (Fsp3) is 0.276. The molecular weight excluding hydrogens is 468 g/mol. The number of methoxy groups -OCH3 is 2. The Labute approximate surface area is 216 Å². The smallest absolute Gasteiger partial charge is 0.336 e. The van der Waals surface area contributed by atoms with E-state index in [-0.39, 0.29) is 11.8 Å². The van der Waals surface area contributed by atoms with Crippen LogP contribution in [0.1, 0.15) is 24.8 Å². The van der Waals surface area contributed by atoms with Gasteiger partial charge in [-0.1, -0.05) is 18.6 Å². The minimum absolute atomic E-state index is 0.0891. The first kappa shape index (κ1) is 24.4. The highest BCUT2D eigenvalue weighted by Gasteiger charge is 2.25. The molecule has 1 aromatic heterocycles. The van der Waals surface area contributed by atoms with Gasteiger partial charge in [-0.15, -0.1) is 5.10 Å². The zero-order valence-electron chi connectivity index (χ0n) is 21.0. The number of benzene rings is 3. The van der Waals surface area contributed by atoms with Crippen LogP contribution >= 0.6 is 0 Å². The number of nitrogens with one attached hydrogen (secondary N) is 1. The molecule has 0 bridgehead atoms. The largest absolute Gasteiger partial charge is 0.497 e. The van der Waals surface area contributed by atoms with Crippen molar-refractivity contribution >= 4 is 11.6 Å². The monoisotopic (exact) mass is 498 g/mol. The highest BCUT2D eigenvalue weighted by Crippen LogP contribution is 2.29. The average Bonchev–Trinajstić information content (AvgIpc) is 3.32. The van der Waals surface area contributed by atoms with E-state index >= 15 is 0 Å². The normalized spacial score (nSPS) is 13.0. The van der Waals surface area contributed by atoms with E-state index in [1.807, 2.05) is 72.8 Å². The van der Waals surface area contributed by atoms with Crippen molar-refractivity contribution in [3.63, 3.8) is 0 Å². The summed E-state index contributed by atoms with van der Waals surface area (Å²) in [5.41, 5.74) is 3.59. The molecule has 3 aromatic carbocycles. The summed E-state index contributed by atoms with van der Waals surface area (Å²) in [5, 5.41) is 7.65. The topological polar surface area (TPSA) is 87.5 Å². The zero-order valence-corrected chi connectivity index (χ0v) is 21.0. The molecular formula is C29H30N4O4. The van der Waals surface area contributed by atoms with Gasteiger partial charge in [-0.3, -0.25) is 4.79 Å². The molecule has 1 heterocycles. The maximum Gasteiger partial charge on any atom is 0.336 e. The van der Waals surface area contributed by atoms with Gasteiger partial charge in [0.05, 0.1) is 26.5 Å². The molecule has 1 N–H and O–H groups in total. The fourth-order valence-electron chi connectivity index (χ4n) is 4.11. The standard InChI is InChI=1S/C29H30N4O4/c1-35-25-14-6-20(7-15-25)18-19-37-29-31-27(21-8-16-26(36-2)17-9-21)33(32-29)24-12-10-23(11-13-24)30-28(34)22-4-3-5-22/h6-17,22H,3-5,18-19H2,1-2H3,(H,30,34). The molecule has 0 saturated heterocycles. The number of anilines is 1. The number of hydrogen-bond donors (Lipinski definition) is 1. The fourth-order valence-corrected chi connectivity index (χ4v) is 4.11. The lowest BCUT2D eigenvalue weighted by molar-refractivity contribution is -0.122. The lowest BCUT2D eigenvalue weighted by Crippen LogP contribution is -2.27. The minimum atomic E-state index is 0.0891. The minimum Gasteiger partial charge on any atom is -0.497 e. The van der Waals surface area contributed by atoms with Crippen molar-refractivity contribution in [1.29, 1.82) is 0 Å². The molecule has 37 heavy (non-hydrogen) atoms. The molecule has 8 heteroatoms. The van der Waals surface area contributed by atoms with E-state index in [0.717, 1.165) is 53.3 Å². The first-order valence-electron chi connectivity index (χ1n) is 12.4. The van der Waals surface area contributed by atoms with Crippen molar-refractivity contribution in [3.05, 3.63) is 78.4 Å². The van der Waals surface area contributed by atoms with Crippen molar-refractivity contribution in [2.45, 2.75) is 25.7 Å². The zero-order chi connectivity index (χ0) is 25.6. The van der Waals surface area contributed by atoms with Crippen molar-refractivity contribution < 1.29 is 19.0 Å². The number of aromatic nitrogens is 3. The maximum absolute atomic E-state index is 12.3. The number of hydrogen-bond acceptors (Lipinski definition) is 6. The Kier molecular flexibility index (Phi) is 7.35. The van der Waals surface area contributed by atoms with E-state index in [1.165, 1.54) is 0 Å². The van der Waals surface area contributed by atoms with Crippen molar-refractivity contribution in [2.75, 3.05) is 26.1 Å². The van der Waals surface area contributed by atoms with Crippen molar-refractivity contribution in [1.82, 2.24) is 14.8 Å². The number of amides is 1. The summed E-state index contributed by atoms with van der Waals surface area (Å²) in [5.74, 6) is 2.45. The van der Waals surface area contributed by atoms with Crippen molar-refractivity contribution in [2.24, 2.45) is 5.92 Å².